The summed E-state index contributed by atoms with van der Waals surface area (Å²) in [4.78, 5) is 11.0. The molecule has 4 heteroatoms. The molecule has 2 rings (SSSR count). The molecule has 0 fully saturated rings. The smallest absolute Gasteiger partial charge is 0.217 e. The lowest BCUT2D eigenvalue weighted by atomic mass is 10.0. The van der Waals surface area contributed by atoms with Crippen LogP contribution in [0.3, 0.4) is 0 Å². The van der Waals surface area contributed by atoms with E-state index in [1.54, 1.807) is 12.1 Å². The maximum absolute atomic E-state index is 11.0. The second kappa shape index (κ2) is 7.71. The SMILES string of the molecule is CC(=O)NC(C)Cc1ccc(C#Cc2ccc(Cl)c(N)c2)cc1. The number of nitrogens with one attached hydrogen (secondary N) is 1. The number of hydrogen-bond acceptors (Lipinski definition) is 2. The molecule has 0 aliphatic carbocycles. The molecule has 0 radical (unpaired) electrons. The van der Waals surface area contributed by atoms with Crippen molar-refractivity contribution in [2.75, 3.05) is 5.73 Å². The number of rotatable bonds is 3. The third kappa shape index (κ3) is 5.36. The number of hydrogen-bond donors (Lipinski definition) is 2. The Morgan fingerprint density at radius 1 is 1.17 bits per heavy atom. The van der Waals surface area contributed by atoms with Crippen LogP contribution in [0.2, 0.25) is 5.02 Å². The summed E-state index contributed by atoms with van der Waals surface area (Å²) in [7, 11) is 0. The average Bonchev–Trinajstić information content (AvgIpc) is 2.49. The largest absolute Gasteiger partial charge is 0.397 e. The van der Waals surface area contributed by atoms with Crippen molar-refractivity contribution >= 4 is 23.2 Å². The van der Waals surface area contributed by atoms with Crippen LogP contribution in [-0.2, 0) is 11.2 Å². The molecule has 2 aromatic carbocycles. The molecule has 23 heavy (non-hydrogen) atoms. The van der Waals surface area contributed by atoms with Gasteiger partial charge < -0.3 is 11.1 Å². The van der Waals surface area contributed by atoms with E-state index in [0.29, 0.717) is 10.7 Å². The first-order valence-corrected chi connectivity index (χ1v) is 7.75. The normalized spacial score (nSPS) is 11.3. The summed E-state index contributed by atoms with van der Waals surface area (Å²) in [6, 6.07) is 13.5. The monoisotopic (exact) mass is 326 g/mol. The summed E-state index contributed by atoms with van der Waals surface area (Å²) in [5.41, 5.74) is 9.20. The third-order valence-electron chi connectivity index (χ3n) is 3.29. The first-order chi connectivity index (χ1) is 10.9. The van der Waals surface area contributed by atoms with Gasteiger partial charge in [-0.1, -0.05) is 35.6 Å². The van der Waals surface area contributed by atoms with E-state index in [9.17, 15) is 4.79 Å². The van der Waals surface area contributed by atoms with Crippen molar-refractivity contribution in [1.82, 2.24) is 5.32 Å². The standard InChI is InChI=1S/C19H19ClN2O/c1-13(22-14(2)23)11-16-6-3-15(4-7-16)5-8-17-9-10-18(20)19(21)12-17/h3-4,6-7,9-10,12-13H,11,21H2,1-2H3,(H,22,23). The van der Waals surface area contributed by atoms with Gasteiger partial charge in [0.2, 0.25) is 5.91 Å². The maximum Gasteiger partial charge on any atom is 0.217 e. The molecule has 118 valence electrons. The maximum atomic E-state index is 11.0. The minimum atomic E-state index is -0.0118. The molecular formula is C19H19ClN2O. The Morgan fingerprint density at radius 3 is 2.39 bits per heavy atom. The molecule has 0 aliphatic rings. The minimum absolute atomic E-state index is 0.0118. The number of nitrogen functional groups attached to an aromatic ring is 1. The van der Waals surface area contributed by atoms with Gasteiger partial charge in [0.1, 0.15) is 0 Å². The van der Waals surface area contributed by atoms with Crippen LogP contribution in [0.4, 0.5) is 5.69 Å². The van der Waals surface area contributed by atoms with Crippen LogP contribution in [0.15, 0.2) is 42.5 Å². The fraction of sp³-hybridized carbons (Fsp3) is 0.211. The number of amides is 1. The van der Waals surface area contributed by atoms with E-state index in [1.807, 2.05) is 37.3 Å². The van der Waals surface area contributed by atoms with E-state index in [1.165, 1.54) is 6.92 Å². The Kier molecular flexibility index (Phi) is 5.67. The van der Waals surface area contributed by atoms with Crippen LogP contribution < -0.4 is 11.1 Å². The van der Waals surface area contributed by atoms with Gasteiger partial charge in [-0.25, -0.2) is 0 Å². The highest BCUT2D eigenvalue weighted by Gasteiger charge is 2.04. The third-order valence-corrected chi connectivity index (χ3v) is 3.64. The number of halogens is 1. The van der Waals surface area contributed by atoms with Crippen molar-refractivity contribution in [2.24, 2.45) is 0 Å². The minimum Gasteiger partial charge on any atom is -0.397 e. The lowest BCUT2D eigenvalue weighted by molar-refractivity contribution is -0.119. The Morgan fingerprint density at radius 2 is 1.78 bits per heavy atom. The second-order valence-electron chi connectivity index (χ2n) is 5.49. The van der Waals surface area contributed by atoms with Crippen LogP contribution >= 0.6 is 11.6 Å². The topological polar surface area (TPSA) is 55.1 Å². The second-order valence-corrected chi connectivity index (χ2v) is 5.90. The lowest BCUT2D eigenvalue weighted by Crippen LogP contribution is -2.31. The molecule has 0 heterocycles. The van der Waals surface area contributed by atoms with E-state index in [4.69, 9.17) is 17.3 Å². The Balaban J connectivity index is 2.04. The quantitative estimate of drug-likeness (QED) is 0.671. The fourth-order valence-electron chi connectivity index (χ4n) is 2.24. The molecule has 1 amide bonds. The average molecular weight is 327 g/mol. The van der Waals surface area contributed by atoms with Gasteiger partial charge in [-0.05, 0) is 49.2 Å². The van der Waals surface area contributed by atoms with Crippen molar-refractivity contribution in [3.63, 3.8) is 0 Å². The van der Waals surface area contributed by atoms with E-state index >= 15 is 0 Å². The summed E-state index contributed by atoms with van der Waals surface area (Å²) in [5.74, 6) is 6.16. The number of carbonyl (C=O) groups is 1. The summed E-state index contributed by atoms with van der Waals surface area (Å²) in [6.07, 6.45) is 0.793. The van der Waals surface area contributed by atoms with Crippen molar-refractivity contribution in [2.45, 2.75) is 26.3 Å². The zero-order valence-corrected chi connectivity index (χ0v) is 13.9. The zero-order chi connectivity index (χ0) is 16.8. The molecule has 1 atom stereocenters. The van der Waals surface area contributed by atoms with Gasteiger partial charge in [0.25, 0.3) is 0 Å². The first-order valence-electron chi connectivity index (χ1n) is 7.37. The molecule has 3 nitrogen and oxygen atoms in total. The van der Waals surface area contributed by atoms with Crippen molar-refractivity contribution in [1.29, 1.82) is 0 Å². The molecule has 3 N–H and O–H groups in total. The summed E-state index contributed by atoms with van der Waals surface area (Å²) >= 11 is 5.89. The zero-order valence-electron chi connectivity index (χ0n) is 13.2. The number of anilines is 1. The Hall–Kier alpha value is -2.44. The van der Waals surface area contributed by atoms with Gasteiger partial charge >= 0.3 is 0 Å². The highest BCUT2D eigenvalue weighted by molar-refractivity contribution is 6.33. The predicted molar refractivity (Wildman–Crippen MR) is 95.3 cm³/mol. The number of nitrogens with two attached hydrogens (primary N) is 1. The van der Waals surface area contributed by atoms with Gasteiger partial charge in [0.05, 0.1) is 10.7 Å². The van der Waals surface area contributed by atoms with Gasteiger partial charge in [-0.3, -0.25) is 4.79 Å². The molecule has 0 bridgehead atoms. The van der Waals surface area contributed by atoms with Crippen molar-refractivity contribution in [3.05, 3.63) is 64.2 Å². The molecule has 0 saturated heterocycles. The molecule has 0 saturated carbocycles. The molecule has 0 aliphatic heterocycles. The fourth-order valence-corrected chi connectivity index (χ4v) is 2.36. The molecule has 1 unspecified atom stereocenters. The van der Waals surface area contributed by atoms with Crippen LogP contribution in [0, 0.1) is 11.8 Å². The first kappa shape index (κ1) is 16.9. The molecular weight excluding hydrogens is 308 g/mol. The van der Waals surface area contributed by atoms with Gasteiger partial charge in [-0.2, -0.15) is 0 Å². The van der Waals surface area contributed by atoms with Gasteiger partial charge in [-0.15, -0.1) is 0 Å². The number of benzene rings is 2. The lowest BCUT2D eigenvalue weighted by Gasteiger charge is -2.12. The van der Waals surface area contributed by atoms with Crippen LogP contribution in [0.5, 0.6) is 0 Å². The van der Waals surface area contributed by atoms with E-state index in [-0.39, 0.29) is 11.9 Å². The van der Waals surface area contributed by atoms with E-state index in [0.717, 1.165) is 23.1 Å². The molecule has 0 aromatic heterocycles. The number of carbonyl (C=O) groups excluding carboxylic acids is 1. The van der Waals surface area contributed by atoms with Crippen molar-refractivity contribution in [3.8, 4) is 11.8 Å². The summed E-state index contributed by atoms with van der Waals surface area (Å²) in [6.45, 7) is 3.51. The van der Waals surface area contributed by atoms with Crippen LogP contribution in [0.25, 0.3) is 0 Å². The van der Waals surface area contributed by atoms with E-state index in [2.05, 4.69) is 17.2 Å². The Bertz CT molecular complexity index is 757. The molecule has 2 aromatic rings. The van der Waals surface area contributed by atoms with Crippen molar-refractivity contribution < 1.29 is 4.79 Å². The van der Waals surface area contributed by atoms with E-state index < -0.39 is 0 Å². The summed E-state index contributed by atoms with van der Waals surface area (Å²) in [5, 5.41) is 3.41. The van der Waals surface area contributed by atoms with Crippen LogP contribution in [0.1, 0.15) is 30.5 Å². The highest BCUT2D eigenvalue weighted by atomic mass is 35.5. The van der Waals surface area contributed by atoms with Gasteiger partial charge in [0, 0.05) is 24.1 Å². The van der Waals surface area contributed by atoms with Crippen LogP contribution in [-0.4, -0.2) is 11.9 Å². The summed E-state index contributed by atoms with van der Waals surface area (Å²) < 4.78 is 0. The predicted octanol–water partition coefficient (Wildman–Crippen LogP) is 3.39. The molecule has 0 spiro atoms. The van der Waals surface area contributed by atoms with Gasteiger partial charge in [0.15, 0.2) is 0 Å². The highest BCUT2D eigenvalue weighted by Crippen LogP contribution is 2.18. The Labute approximate surface area is 141 Å².